The van der Waals surface area contributed by atoms with Gasteiger partial charge in [-0.1, -0.05) is 6.07 Å². The molecule has 0 radical (unpaired) electrons. The molecule has 6 heteroatoms. The number of furan rings is 1. The molecule has 0 saturated carbocycles. The second kappa shape index (κ2) is 5.55. The quantitative estimate of drug-likeness (QED) is 0.531. The molecule has 114 valence electrons. The first-order valence-electron chi connectivity index (χ1n) is 6.86. The number of phenolic OH excluding ortho intramolecular Hbond substituents is 1. The molecule has 0 unspecified atom stereocenters. The van der Waals surface area contributed by atoms with E-state index in [4.69, 9.17) is 13.9 Å². The number of carbonyl (C=O) groups is 2. The zero-order chi connectivity index (χ0) is 15.7. The number of carbonyl (C=O) groups excluding carboxylic acids is 2. The van der Waals surface area contributed by atoms with Crippen LogP contribution in [0, 0.1) is 5.92 Å². The van der Waals surface area contributed by atoms with Crippen molar-refractivity contribution in [3.05, 3.63) is 47.9 Å². The second-order valence-corrected chi connectivity index (χ2v) is 4.87. The lowest BCUT2D eigenvalue weighted by atomic mass is 9.81. The number of hydrogen-bond acceptors (Lipinski definition) is 6. The Kier molecular flexibility index (Phi) is 3.58. The van der Waals surface area contributed by atoms with Gasteiger partial charge in [-0.15, -0.1) is 0 Å². The van der Waals surface area contributed by atoms with Gasteiger partial charge in [0.05, 0.1) is 18.8 Å². The normalized spacial score (nSPS) is 20.1. The van der Waals surface area contributed by atoms with Crippen molar-refractivity contribution in [3.8, 4) is 11.5 Å². The van der Waals surface area contributed by atoms with Crippen molar-refractivity contribution in [1.29, 1.82) is 0 Å². The van der Waals surface area contributed by atoms with Crippen molar-refractivity contribution in [2.75, 3.05) is 6.61 Å². The number of ether oxygens (including phenoxy) is 2. The fourth-order valence-electron chi connectivity index (χ4n) is 2.61. The molecule has 2 atom stereocenters. The van der Waals surface area contributed by atoms with Crippen LogP contribution in [0.4, 0.5) is 0 Å². The number of esters is 2. The van der Waals surface area contributed by atoms with Crippen molar-refractivity contribution in [2.24, 2.45) is 5.92 Å². The van der Waals surface area contributed by atoms with Crippen LogP contribution in [0.1, 0.15) is 24.2 Å². The number of rotatable bonds is 3. The lowest BCUT2D eigenvalue weighted by molar-refractivity contribution is -0.159. The third kappa shape index (κ3) is 2.32. The van der Waals surface area contributed by atoms with E-state index in [1.54, 1.807) is 25.1 Å². The summed E-state index contributed by atoms with van der Waals surface area (Å²) in [6.45, 7) is 1.83. The molecule has 1 aliphatic rings. The maximum Gasteiger partial charge on any atom is 0.326 e. The van der Waals surface area contributed by atoms with Crippen molar-refractivity contribution in [3.63, 3.8) is 0 Å². The molecule has 1 aromatic heterocycles. The molecule has 2 heterocycles. The summed E-state index contributed by atoms with van der Waals surface area (Å²) in [7, 11) is 0. The molecule has 2 aromatic rings. The average molecular weight is 302 g/mol. The highest BCUT2D eigenvalue weighted by Gasteiger charge is 2.46. The first-order chi connectivity index (χ1) is 10.6. The second-order valence-electron chi connectivity index (χ2n) is 4.87. The van der Waals surface area contributed by atoms with E-state index in [9.17, 15) is 14.7 Å². The Morgan fingerprint density at radius 2 is 2.18 bits per heavy atom. The van der Waals surface area contributed by atoms with Gasteiger partial charge in [0, 0.05) is 11.6 Å². The number of benzene rings is 1. The van der Waals surface area contributed by atoms with Crippen molar-refractivity contribution >= 4 is 11.9 Å². The van der Waals surface area contributed by atoms with Gasteiger partial charge in [0.25, 0.3) is 0 Å². The monoisotopic (exact) mass is 302 g/mol. The highest BCUT2D eigenvalue weighted by atomic mass is 16.6. The van der Waals surface area contributed by atoms with E-state index in [0.29, 0.717) is 11.3 Å². The Hall–Kier alpha value is -2.76. The molecule has 1 N–H and O–H groups in total. The predicted molar refractivity (Wildman–Crippen MR) is 74.4 cm³/mol. The Balaban J connectivity index is 2.12. The van der Waals surface area contributed by atoms with Crippen molar-refractivity contribution in [1.82, 2.24) is 0 Å². The molecular weight excluding hydrogens is 288 g/mol. The Morgan fingerprint density at radius 3 is 2.86 bits per heavy atom. The van der Waals surface area contributed by atoms with Gasteiger partial charge in [0.15, 0.2) is 5.92 Å². The Bertz CT molecular complexity index is 703. The average Bonchev–Trinajstić information content (AvgIpc) is 2.99. The van der Waals surface area contributed by atoms with Crippen LogP contribution in [-0.4, -0.2) is 23.7 Å². The maximum atomic E-state index is 12.2. The SMILES string of the molecule is CCOC(=O)[C@H]1C(=O)Oc2cc(O)ccc2[C@@H]1c1ccco1. The fraction of sp³-hybridized carbons (Fsp3) is 0.250. The number of fused-ring (bicyclic) bond motifs is 1. The topological polar surface area (TPSA) is 86.0 Å². The van der Waals surface area contributed by atoms with E-state index in [2.05, 4.69) is 0 Å². The summed E-state index contributed by atoms with van der Waals surface area (Å²) >= 11 is 0. The standard InChI is InChI=1S/C16H14O6/c1-2-20-15(18)14-13(11-4-3-7-21-11)10-6-5-9(17)8-12(10)22-16(14)19/h3-8,13-14,17H,2H2,1H3/t13-,14+/m1/s1. The molecular formula is C16H14O6. The lowest BCUT2D eigenvalue weighted by Gasteiger charge is -2.29. The minimum absolute atomic E-state index is 0.0284. The van der Waals surface area contributed by atoms with Gasteiger partial charge < -0.3 is 19.0 Å². The summed E-state index contributed by atoms with van der Waals surface area (Å²) in [5.74, 6) is -2.52. The van der Waals surface area contributed by atoms with Crippen molar-refractivity contribution < 1.29 is 28.6 Å². The summed E-state index contributed by atoms with van der Waals surface area (Å²) < 4.78 is 15.6. The molecule has 0 aliphatic carbocycles. The predicted octanol–water partition coefficient (Wildman–Crippen LogP) is 2.22. The molecule has 3 rings (SSSR count). The zero-order valence-corrected chi connectivity index (χ0v) is 11.8. The highest BCUT2D eigenvalue weighted by molar-refractivity contribution is 5.99. The van der Waals surface area contributed by atoms with Crippen LogP contribution in [0.3, 0.4) is 0 Å². The zero-order valence-electron chi connectivity index (χ0n) is 11.8. The Morgan fingerprint density at radius 1 is 1.36 bits per heavy atom. The summed E-state index contributed by atoms with van der Waals surface area (Å²) in [5.41, 5.74) is 0.588. The lowest BCUT2D eigenvalue weighted by Crippen LogP contribution is -2.38. The van der Waals surface area contributed by atoms with E-state index in [0.717, 1.165) is 0 Å². The summed E-state index contributed by atoms with van der Waals surface area (Å²) in [6, 6.07) is 7.78. The van der Waals surface area contributed by atoms with Gasteiger partial charge in [-0.25, -0.2) is 0 Å². The number of hydrogen-bond donors (Lipinski definition) is 1. The van der Waals surface area contributed by atoms with Gasteiger partial charge >= 0.3 is 11.9 Å². The van der Waals surface area contributed by atoms with E-state index in [1.807, 2.05) is 0 Å². The van der Waals surface area contributed by atoms with Crippen LogP contribution in [0.25, 0.3) is 0 Å². The molecule has 0 bridgehead atoms. The molecule has 0 fully saturated rings. The number of phenols is 1. The largest absolute Gasteiger partial charge is 0.508 e. The molecule has 6 nitrogen and oxygen atoms in total. The molecule has 0 saturated heterocycles. The van der Waals surface area contributed by atoms with Crippen LogP contribution < -0.4 is 4.74 Å². The first kappa shape index (κ1) is 14.2. The Labute approximate surface area is 126 Å². The summed E-state index contributed by atoms with van der Waals surface area (Å²) in [5, 5.41) is 9.54. The van der Waals surface area contributed by atoms with Gasteiger partial charge in [-0.2, -0.15) is 0 Å². The van der Waals surface area contributed by atoms with Crippen LogP contribution in [0.2, 0.25) is 0 Å². The van der Waals surface area contributed by atoms with Gasteiger partial charge in [-0.05, 0) is 25.1 Å². The smallest absolute Gasteiger partial charge is 0.326 e. The van der Waals surface area contributed by atoms with Crippen LogP contribution >= 0.6 is 0 Å². The third-order valence-corrected chi connectivity index (χ3v) is 3.52. The maximum absolute atomic E-state index is 12.2. The van der Waals surface area contributed by atoms with Gasteiger partial charge in [0.2, 0.25) is 0 Å². The minimum atomic E-state index is -1.14. The number of aromatic hydroxyl groups is 1. The molecule has 22 heavy (non-hydrogen) atoms. The summed E-state index contributed by atoms with van der Waals surface area (Å²) in [6.07, 6.45) is 1.47. The summed E-state index contributed by atoms with van der Waals surface area (Å²) in [4.78, 5) is 24.4. The van der Waals surface area contributed by atoms with Crippen molar-refractivity contribution in [2.45, 2.75) is 12.8 Å². The van der Waals surface area contributed by atoms with Crippen LogP contribution in [0.15, 0.2) is 41.0 Å². The van der Waals surface area contributed by atoms with Gasteiger partial charge in [-0.3, -0.25) is 9.59 Å². The van der Waals surface area contributed by atoms with Crippen LogP contribution in [-0.2, 0) is 14.3 Å². The third-order valence-electron chi connectivity index (χ3n) is 3.52. The molecule has 1 aromatic carbocycles. The highest BCUT2D eigenvalue weighted by Crippen LogP contribution is 2.43. The molecule has 0 amide bonds. The molecule has 0 spiro atoms. The van der Waals surface area contributed by atoms with E-state index < -0.39 is 23.8 Å². The first-order valence-corrected chi connectivity index (χ1v) is 6.86. The molecule has 1 aliphatic heterocycles. The minimum Gasteiger partial charge on any atom is -0.508 e. The van der Waals surface area contributed by atoms with Gasteiger partial charge in [0.1, 0.15) is 17.3 Å². The van der Waals surface area contributed by atoms with Crippen LogP contribution in [0.5, 0.6) is 11.5 Å². The van der Waals surface area contributed by atoms with E-state index in [-0.39, 0.29) is 18.1 Å². The van der Waals surface area contributed by atoms with E-state index >= 15 is 0 Å². The van der Waals surface area contributed by atoms with E-state index in [1.165, 1.54) is 18.4 Å². The fourth-order valence-corrected chi connectivity index (χ4v) is 2.61.